The number of hydrogen-bond donors (Lipinski definition) is 1. The molecule has 11 heavy (non-hydrogen) atoms. The second-order valence-corrected chi connectivity index (χ2v) is 4.14. The summed E-state index contributed by atoms with van der Waals surface area (Å²) in [6.45, 7) is 4.32. The van der Waals surface area contributed by atoms with Gasteiger partial charge >= 0.3 is 0 Å². The van der Waals surface area contributed by atoms with Gasteiger partial charge in [-0.1, -0.05) is 33.0 Å². The number of aliphatic hydroxyl groups excluding tert-OH is 1. The highest BCUT2D eigenvalue weighted by Gasteiger charge is 2.31. The molecule has 0 aromatic rings. The first-order chi connectivity index (χ1) is 5.76. The molecule has 0 aromatic carbocycles. The molecule has 0 aromatic heterocycles. The van der Waals surface area contributed by atoms with Gasteiger partial charge in [-0.25, -0.2) is 0 Å². The van der Waals surface area contributed by atoms with Crippen LogP contribution < -0.4 is 0 Å². The molecule has 0 aliphatic carbocycles. The molecule has 0 saturated carbocycles. The standard InChI is InChI=1S/C8H15NOS/c1-8(2,3)7(11)9-4-6(10)5-9/h6,10H,4-5H2,1-3H3/i4D,5D/t4-,5+,6?. The molecule has 1 N–H and O–H groups in total. The van der Waals surface area contributed by atoms with Gasteiger partial charge < -0.3 is 10.0 Å². The zero-order valence-corrected chi connectivity index (χ0v) is 7.85. The van der Waals surface area contributed by atoms with Crippen molar-refractivity contribution in [1.82, 2.24) is 4.90 Å². The molecule has 1 unspecified atom stereocenters. The predicted octanol–water partition coefficient (Wildman–Crippen LogP) is 1.04. The van der Waals surface area contributed by atoms with Crippen molar-refractivity contribution in [3.05, 3.63) is 0 Å². The minimum Gasteiger partial charge on any atom is -0.389 e. The number of hydrogen-bond acceptors (Lipinski definition) is 2. The zero-order valence-electron chi connectivity index (χ0n) is 9.03. The first-order valence-corrected chi connectivity index (χ1v) is 4.03. The maximum absolute atomic E-state index is 9.19. The van der Waals surface area contributed by atoms with E-state index in [4.69, 9.17) is 15.0 Å². The number of thiocarbonyl (C=S) groups is 1. The number of aliphatic hydroxyl groups is 1. The van der Waals surface area contributed by atoms with Crippen LogP contribution in [0.2, 0.25) is 0 Å². The van der Waals surface area contributed by atoms with E-state index in [-0.39, 0.29) is 5.41 Å². The van der Waals surface area contributed by atoms with Crippen LogP contribution in [0.1, 0.15) is 23.5 Å². The lowest BCUT2D eigenvalue weighted by Gasteiger charge is -2.42. The highest BCUT2D eigenvalue weighted by atomic mass is 32.1. The quantitative estimate of drug-likeness (QED) is 0.556. The summed E-state index contributed by atoms with van der Waals surface area (Å²) in [6, 6.07) is 0. The largest absolute Gasteiger partial charge is 0.389 e. The molecule has 1 heterocycles. The van der Waals surface area contributed by atoms with Crippen LogP contribution in [0.4, 0.5) is 0 Å². The molecule has 1 fully saturated rings. The Kier molecular flexibility index (Phi) is 1.57. The molecule has 1 saturated heterocycles. The molecular formula is C8H15NOS. The number of nitrogens with zero attached hydrogens (tertiary/aromatic N) is 1. The van der Waals surface area contributed by atoms with Gasteiger partial charge in [0.25, 0.3) is 0 Å². The van der Waals surface area contributed by atoms with E-state index in [1.165, 1.54) is 4.90 Å². The molecule has 1 aliphatic rings. The summed E-state index contributed by atoms with van der Waals surface area (Å²) >= 11 is 5.15. The van der Waals surface area contributed by atoms with Gasteiger partial charge in [-0.15, -0.1) is 0 Å². The van der Waals surface area contributed by atoms with E-state index in [1.54, 1.807) is 0 Å². The van der Waals surface area contributed by atoms with Gasteiger partial charge in [-0.3, -0.25) is 0 Å². The van der Waals surface area contributed by atoms with Crippen LogP contribution in [0.5, 0.6) is 0 Å². The van der Waals surface area contributed by atoms with Gasteiger partial charge in [0.1, 0.15) is 0 Å². The Bertz CT molecular complexity index is 219. The van der Waals surface area contributed by atoms with Crippen molar-refractivity contribution >= 4 is 17.2 Å². The van der Waals surface area contributed by atoms with E-state index >= 15 is 0 Å². The molecule has 0 radical (unpaired) electrons. The van der Waals surface area contributed by atoms with E-state index in [0.717, 1.165) is 0 Å². The molecule has 0 bridgehead atoms. The fourth-order valence-corrected chi connectivity index (χ4v) is 0.960. The predicted molar refractivity (Wildman–Crippen MR) is 49.6 cm³/mol. The summed E-state index contributed by atoms with van der Waals surface area (Å²) in [5, 5.41) is 9.19. The number of rotatable bonds is 0. The fraction of sp³-hybridized carbons (Fsp3) is 0.875. The second-order valence-electron chi connectivity index (χ2n) is 3.75. The third-order valence-electron chi connectivity index (χ3n) is 1.50. The molecule has 3 heteroatoms. The topological polar surface area (TPSA) is 23.5 Å². The van der Waals surface area contributed by atoms with Crippen molar-refractivity contribution in [2.75, 3.05) is 13.0 Å². The Labute approximate surface area is 76.0 Å². The van der Waals surface area contributed by atoms with Crippen molar-refractivity contribution < 1.29 is 7.85 Å². The molecule has 3 atom stereocenters. The molecule has 64 valence electrons. The number of β-amino-alcohol motifs (C(OH)–C–C–N with tert-alkyl or cyclic N) is 1. The van der Waals surface area contributed by atoms with E-state index in [9.17, 15) is 5.11 Å². The van der Waals surface area contributed by atoms with Crippen LogP contribution in [0, 0.1) is 5.41 Å². The van der Waals surface area contributed by atoms with Gasteiger partial charge in [0.2, 0.25) is 0 Å². The third-order valence-corrected chi connectivity index (χ3v) is 2.33. The lowest BCUT2D eigenvalue weighted by molar-refractivity contribution is 0.0435. The lowest BCUT2D eigenvalue weighted by atomic mass is 9.94. The summed E-state index contributed by atoms with van der Waals surface area (Å²) in [5.41, 5.74) is -0.214. The molecule has 0 amide bonds. The van der Waals surface area contributed by atoms with Crippen LogP contribution in [0.3, 0.4) is 0 Å². The van der Waals surface area contributed by atoms with Crippen LogP contribution in [0.25, 0.3) is 0 Å². The normalized spacial score (nSPS) is 40.7. The smallest absolute Gasteiger partial charge is 0.0889 e. The van der Waals surface area contributed by atoms with E-state index in [0.29, 0.717) is 4.99 Å². The minimum atomic E-state index is -0.889. The first kappa shape index (κ1) is 6.38. The van der Waals surface area contributed by atoms with Crippen LogP contribution in [-0.2, 0) is 0 Å². The van der Waals surface area contributed by atoms with E-state index in [1.807, 2.05) is 20.8 Å². The lowest BCUT2D eigenvalue weighted by Crippen LogP contribution is -2.55. The maximum atomic E-state index is 9.19. The van der Waals surface area contributed by atoms with E-state index in [2.05, 4.69) is 0 Å². The number of likely N-dealkylation sites (tertiary alicyclic amines) is 1. The van der Waals surface area contributed by atoms with E-state index < -0.39 is 19.1 Å². The summed E-state index contributed by atoms with van der Waals surface area (Å²) < 4.78 is 15.0. The van der Waals surface area contributed by atoms with Gasteiger partial charge in [-0.2, -0.15) is 0 Å². The Balaban J connectivity index is 2.70. The fourth-order valence-electron chi connectivity index (χ4n) is 0.838. The molecule has 0 spiro atoms. The maximum Gasteiger partial charge on any atom is 0.0889 e. The van der Waals surface area contributed by atoms with Gasteiger partial charge in [0, 0.05) is 18.5 Å². The van der Waals surface area contributed by atoms with Gasteiger partial charge in [-0.05, 0) is 0 Å². The highest BCUT2D eigenvalue weighted by molar-refractivity contribution is 7.80. The van der Waals surface area contributed by atoms with Crippen LogP contribution in [-0.4, -0.2) is 34.1 Å². The molecular weight excluding hydrogens is 158 g/mol. The minimum absolute atomic E-state index is 0.214. The van der Waals surface area contributed by atoms with Crippen molar-refractivity contribution in [3.8, 4) is 0 Å². The summed E-state index contributed by atoms with van der Waals surface area (Å²) in [7, 11) is 0. The van der Waals surface area contributed by atoms with Crippen molar-refractivity contribution in [1.29, 1.82) is 0 Å². The van der Waals surface area contributed by atoms with Crippen LogP contribution in [0.15, 0.2) is 0 Å². The second kappa shape index (κ2) is 2.72. The van der Waals surface area contributed by atoms with Crippen molar-refractivity contribution in [3.63, 3.8) is 0 Å². The molecule has 1 rings (SSSR count). The van der Waals surface area contributed by atoms with Gasteiger partial charge in [0.15, 0.2) is 0 Å². The summed E-state index contributed by atoms with van der Waals surface area (Å²) in [5.74, 6) is 0. The zero-order chi connectivity index (χ0) is 10.4. The SMILES string of the molecule is [2H][C@@H]1C(O)[C@H]([2H])N1C(=S)C(C)(C)C. The highest BCUT2D eigenvalue weighted by Crippen LogP contribution is 2.22. The molecule has 2 nitrogen and oxygen atoms in total. The average Bonchev–Trinajstić information content (AvgIpc) is 2.02. The first-order valence-electron chi connectivity index (χ1n) is 4.77. The monoisotopic (exact) mass is 175 g/mol. The Morgan fingerprint density at radius 1 is 1.64 bits per heavy atom. The molecule has 1 aliphatic heterocycles. The third kappa shape index (κ3) is 1.91. The average molecular weight is 175 g/mol. The summed E-state index contributed by atoms with van der Waals surface area (Å²) in [4.78, 5) is 2.05. The Hall–Kier alpha value is -0.150. The van der Waals surface area contributed by atoms with Crippen molar-refractivity contribution in [2.45, 2.75) is 26.9 Å². The summed E-state index contributed by atoms with van der Waals surface area (Å²) in [6.07, 6.45) is -0.889. The van der Waals surface area contributed by atoms with Crippen LogP contribution >= 0.6 is 12.2 Å². The Morgan fingerprint density at radius 2 is 2.09 bits per heavy atom. The Morgan fingerprint density at radius 3 is 2.45 bits per heavy atom. The van der Waals surface area contributed by atoms with Gasteiger partial charge in [0.05, 0.1) is 13.8 Å². The van der Waals surface area contributed by atoms with Crippen molar-refractivity contribution in [2.24, 2.45) is 5.41 Å².